The molecule has 18 heavy (non-hydrogen) atoms. The van der Waals surface area contributed by atoms with Crippen molar-refractivity contribution < 1.29 is 0 Å². The molecule has 1 aliphatic carbocycles. The van der Waals surface area contributed by atoms with Crippen molar-refractivity contribution in [1.29, 1.82) is 0 Å². The second-order valence-corrected chi connectivity index (χ2v) is 5.82. The van der Waals surface area contributed by atoms with Gasteiger partial charge in [-0.25, -0.2) is 0 Å². The molecule has 1 atom stereocenters. The molecule has 1 unspecified atom stereocenters. The predicted octanol–water partition coefficient (Wildman–Crippen LogP) is 4.10. The fourth-order valence-electron chi connectivity index (χ4n) is 2.54. The number of nitrogens with one attached hydrogen (secondary N) is 1. The standard InChI is InChI=1S/C17H27N/c1-3-4-8-15(13-18-17-10-11-17)12-16-9-6-5-7-14(16)2/h5-7,9,15,17-18H,3-4,8,10-13H2,1-2H3. The van der Waals surface area contributed by atoms with Crippen LogP contribution >= 0.6 is 0 Å². The molecule has 0 saturated heterocycles. The third kappa shape index (κ3) is 4.45. The van der Waals surface area contributed by atoms with E-state index in [1.165, 1.54) is 56.2 Å². The fourth-order valence-corrected chi connectivity index (χ4v) is 2.54. The Balaban J connectivity index is 1.87. The molecule has 0 aromatic heterocycles. The molecule has 1 fully saturated rings. The monoisotopic (exact) mass is 245 g/mol. The number of unbranched alkanes of at least 4 members (excludes halogenated alkanes) is 1. The van der Waals surface area contributed by atoms with Crippen LogP contribution in [0.15, 0.2) is 24.3 Å². The van der Waals surface area contributed by atoms with E-state index < -0.39 is 0 Å². The van der Waals surface area contributed by atoms with Crippen molar-refractivity contribution in [3.8, 4) is 0 Å². The highest BCUT2D eigenvalue weighted by Crippen LogP contribution is 2.22. The largest absolute Gasteiger partial charge is 0.314 e. The highest BCUT2D eigenvalue weighted by atomic mass is 14.9. The predicted molar refractivity (Wildman–Crippen MR) is 78.9 cm³/mol. The summed E-state index contributed by atoms with van der Waals surface area (Å²) in [5, 5.41) is 3.71. The van der Waals surface area contributed by atoms with Gasteiger partial charge in [0.2, 0.25) is 0 Å². The van der Waals surface area contributed by atoms with E-state index in [0.29, 0.717) is 0 Å². The Morgan fingerprint density at radius 3 is 2.72 bits per heavy atom. The van der Waals surface area contributed by atoms with Crippen molar-refractivity contribution in [3.63, 3.8) is 0 Å². The Morgan fingerprint density at radius 2 is 2.06 bits per heavy atom. The zero-order valence-electron chi connectivity index (χ0n) is 11.9. The highest BCUT2D eigenvalue weighted by molar-refractivity contribution is 5.25. The molecule has 1 aliphatic rings. The summed E-state index contributed by atoms with van der Waals surface area (Å²) < 4.78 is 0. The van der Waals surface area contributed by atoms with Crippen LogP contribution in [-0.4, -0.2) is 12.6 Å². The van der Waals surface area contributed by atoms with Gasteiger partial charge in [0.15, 0.2) is 0 Å². The molecule has 0 aliphatic heterocycles. The lowest BCUT2D eigenvalue weighted by Gasteiger charge is -2.18. The molecule has 0 amide bonds. The van der Waals surface area contributed by atoms with Gasteiger partial charge in [-0.05, 0) is 56.2 Å². The van der Waals surface area contributed by atoms with Gasteiger partial charge in [-0.1, -0.05) is 44.0 Å². The molecule has 0 bridgehead atoms. The van der Waals surface area contributed by atoms with Crippen LogP contribution in [0, 0.1) is 12.8 Å². The minimum atomic E-state index is 0.812. The maximum Gasteiger partial charge on any atom is 0.00683 e. The topological polar surface area (TPSA) is 12.0 Å². The van der Waals surface area contributed by atoms with Gasteiger partial charge < -0.3 is 5.32 Å². The average molecular weight is 245 g/mol. The molecule has 1 aromatic carbocycles. The van der Waals surface area contributed by atoms with Crippen LogP contribution in [0.25, 0.3) is 0 Å². The van der Waals surface area contributed by atoms with E-state index in [1.54, 1.807) is 0 Å². The number of hydrogen-bond acceptors (Lipinski definition) is 1. The average Bonchev–Trinajstić information content (AvgIpc) is 3.19. The maximum atomic E-state index is 3.71. The Labute approximate surface area is 112 Å². The van der Waals surface area contributed by atoms with E-state index in [4.69, 9.17) is 0 Å². The number of rotatable bonds is 8. The van der Waals surface area contributed by atoms with Crippen molar-refractivity contribution in [2.45, 2.75) is 58.4 Å². The SMILES string of the molecule is CCCCC(CNC1CC1)Cc1ccccc1C. The lowest BCUT2D eigenvalue weighted by molar-refractivity contribution is 0.427. The molecule has 0 spiro atoms. The van der Waals surface area contributed by atoms with Gasteiger partial charge in [0, 0.05) is 6.04 Å². The first-order valence-corrected chi connectivity index (χ1v) is 7.57. The Morgan fingerprint density at radius 1 is 1.28 bits per heavy atom. The van der Waals surface area contributed by atoms with Crippen LogP contribution < -0.4 is 5.32 Å². The summed E-state index contributed by atoms with van der Waals surface area (Å²) in [6.07, 6.45) is 8.07. The van der Waals surface area contributed by atoms with Crippen LogP contribution in [-0.2, 0) is 6.42 Å². The van der Waals surface area contributed by atoms with Gasteiger partial charge in [-0.15, -0.1) is 0 Å². The molecule has 1 saturated carbocycles. The second kappa shape index (κ2) is 6.94. The molecule has 1 N–H and O–H groups in total. The van der Waals surface area contributed by atoms with Gasteiger partial charge in [0.1, 0.15) is 0 Å². The molecular formula is C17H27N. The van der Waals surface area contributed by atoms with Gasteiger partial charge in [-0.2, -0.15) is 0 Å². The fraction of sp³-hybridized carbons (Fsp3) is 0.647. The summed E-state index contributed by atoms with van der Waals surface area (Å²) in [5.41, 5.74) is 2.99. The molecule has 100 valence electrons. The molecular weight excluding hydrogens is 218 g/mol. The van der Waals surface area contributed by atoms with Crippen LogP contribution in [0.3, 0.4) is 0 Å². The molecule has 0 heterocycles. The van der Waals surface area contributed by atoms with Crippen LogP contribution in [0.1, 0.15) is 50.2 Å². The summed E-state index contributed by atoms with van der Waals surface area (Å²) in [5.74, 6) is 0.812. The first-order valence-electron chi connectivity index (χ1n) is 7.57. The zero-order chi connectivity index (χ0) is 12.8. The van der Waals surface area contributed by atoms with Crippen LogP contribution in [0.5, 0.6) is 0 Å². The minimum absolute atomic E-state index is 0.812. The Kier molecular flexibility index (Phi) is 5.25. The third-order valence-corrected chi connectivity index (χ3v) is 4.01. The van der Waals surface area contributed by atoms with E-state index in [-0.39, 0.29) is 0 Å². The summed E-state index contributed by atoms with van der Waals surface area (Å²) in [6.45, 7) is 5.73. The summed E-state index contributed by atoms with van der Waals surface area (Å²) in [4.78, 5) is 0. The van der Waals surface area contributed by atoms with Crippen molar-refractivity contribution in [2.24, 2.45) is 5.92 Å². The first kappa shape index (κ1) is 13.6. The lowest BCUT2D eigenvalue weighted by atomic mass is 9.92. The zero-order valence-corrected chi connectivity index (χ0v) is 11.9. The molecule has 0 radical (unpaired) electrons. The van der Waals surface area contributed by atoms with Crippen molar-refractivity contribution >= 4 is 0 Å². The Bertz CT molecular complexity index is 354. The van der Waals surface area contributed by atoms with E-state index in [0.717, 1.165) is 12.0 Å². The first-order chi connectivity index (χ1) is 8.79. The quantitative estimate of drug-likeness (QED) is 0.727. The van der Waals surface area contributed by atoms with E-state index >= 15 is 0 Å². The third-order valence-electron chi connectivity index (χ3n) is 4.01. The Hall–Kier alpha value is -0.820. The molecule has 1 aromatic rings. The van der Waals surface area contributed by atoms with Crippen LogP contribution in [0.4, 0.5) is 0 Å². The number of benzene rings is 1. The molecule has 2 rings (SSSR count). The van der Waals surface area contributed by atoms with Crippen molar-refractivity contribution in [2.75, 3.05) is 6.54 Å². The van der Waals surface area contributed by atoms with E-state index in [2.05, 4.69) is 43.4 Å². The summed E-state index contributed by atoms with van der Waals surface area (Å²) in [6, 6.07) is 9.69. The van der Waals surface area contributed by atoms with Gasteiger partial charge in [0.25, 0.3) is 0 Å². The molecule has 1 heteroatoms. The normalized spacial score (nSPS) is 16.8. The van der Waals surface area contributed by atoms with Gasteiger partial charge >= 0.3 is 0 Å². The highest BCUT2D eigenvalue weighted by Gasteiger charge is 2.22. The second-order valence-electron chi connectivity index (χ2n) is 5.82. The van der Waals surface area contributed by atoms with Gasteiger partial charge in [0.05, 0.1) is 0 Å². The van der Waals surface area contributed by atoms with E-state index in [9.17, 15) is 0 Å². The van der Waals surface area contributed by atoms with Crippen molar-refractivity contribution in [3.05, 3.63) is 35.4 Å². The number of hydrogen-bond donors (Lipinski definition) is 1. The smallest absolute Gasteiger partial charge is 0.00683 e. The number of aryl methyl sites for hydroxylation is 1. The van der Waals surface area contributed by atoms with E-state index in [1.807, 2.05) is 0 Å². The van der Waals surface area contributed by atoms with Gasteiger partial charge in [-0.3, -0.25) is 0 Å². The minimum Gasteiger partial charge on any atom is -0.314 e. The lowest BCUT2D eigenvalue weighted by Crippen LogP contribution is -2.26. The molecule has 1 nitrogen and oxygen atoms in total. The maximum absolute atomic E-state index is 3.71. The summed E-state index contributed by atoms with van der Waals surface area (Å²) in [7, 11) is 0. The summed E-state index contributed by atoms with van der Waals surface area (Å²) >= 11 is 0. The van der Waals surface area contributed by atoms with Crippen molar-refractivity contribution in [1.82, 2.24) is 5.32 Å². The van der Waals surface area contributed by atoms with Crippen LogP contribution in [0.2, 0.25) is 0 Å².